The van der Waals surface area contributed by atoms with Crippen molar-refractivity contribution in [1.82, 2.24) is 15.3 Å². The van der Waals surface area contributed by atoms with Gasteiger partial charge in [-0.25, -0.2) is 9.97 Å². The first-order valence-electron chi connectivity index (χ1n) is 13.4. The van der Waals surface area contributed by atoms with E-state index in [1.807, 2.05) is 12.4 Å². The normalized spacial score (nSPS) is 17.2. The van der Waals surface area contributed by atoms with Crippen molar-refractivity contribution in [1.29, 1.82) is 0 Å². The lowest BCUT2D eigenvalue weighted by atomic mass is 9.93. The number of rotatable bonds is 11. The Hall–Kier alpha value is -2.89. The van der Waals surface area contributed by atoms with Gasteiger partial charge in [-0.1, -0.05) is 32.1 Å². The first-order valence-corrected chi connectivity index (χ1v) is 13.4. The van der Waals surface area contributed by atoms with Crippen LogP contribution in [0.5, 0.6) is 5.75 Å². The molecule has 1 saturated heterocycles. The van der Waals surface area contributed by atoms with E-state index in [4.69, 9.17) is 4.74 Å². The predicted octanol–water partition coefficient (Wildman–Crippen LogP) is 5.58. The van der Waals surface area contributed by atoms with Crippen LogP contribution >= 0.6 is 0 Å². The van der Waals surface area contributed by atoms with Crippen LogP contribution in [0, 0.1) is 5.92 Å². The number of nitrogens with one attached hydrogen (secondary N) is 1. The van der Waals surface area contributed by atoms with Crippen molar-refractivity contribution in [3.8, 4) is 5.75 Å². The molecule has 2 aromatic rings. The lowest BCUT2D eigenvalue weighted by Crippen LogP contribution is -2.39. The second-order valence-electron chi connectivity index (χ2n) is 9.83. The molecule has 1 aliphatic heterocycles. The quantitative estimate of drug-likeness (QED) is 0.459. The first kappa shape index (κ1) is 25.2. The highest BCUT2D eigenvalue weighted by Gasteiger charge is 2.21. The molecule has 2 fully saturated rings. The molecule has 0 atom stereocenters. The molecule has 1 aliphatic carbocycles. The minimum Gasteiger partial charge on any atom is -0.493 e. The molecule has 0 unspecified atom stereocenters. The molecule has 1 aromatic heterocycles. The summed E-state index contributed by atoms with van der Waals surface area (Å²) in [5.74, 6) is 2.50. The summed E-state index contributed by atoms with van der Waals surface area (Å²) in [6, 6.07) is 8.84. The molecule has 2 heterocycles. The third kappa shape index (κ3) is 7.30. The number of carbonyl (C=O) groups excluding carboxylic acids is 1. The van der Waals surface area contributed by atoms with Gasteiger partial charge >= 0.3 is 0 Å². The summed E-state index contributed by atoms with van der Waals surface area (Å²) in [4.78, 5) is 23.4. The lowest BCUT2D eigenvalue weighted by Gasteiger charge is -2.31. The number of aryl methyl sites for hydroxylation is 1. The van der Waals surface area contributed by atoms with Crippen molar-refractivity contribution in [3.63, 3.8) is 0 Å². The minimum atomic E-state index is 0.179. The van der Waals surface area contributed by atoms with Gasteiger partial charge in [-0.05, 0) is 86.1 Å². The number of hydrogen-bond acceptors (Lipinski definition) is 5. The topological polar surface area (TPSA) is 67.3 Å². The Labute approximate surface area is 210 Å². The Morgan fingerprint density at radius 1 is 1.09 bits per heavy atom. The zero-order chi connectivity index (χ0) is 24.5. The number of aromatic nitrogens is 2. The third-order valence-electron chi connectivity index (χ3n) is 7.32. The number of ether oxygens (including phenoxy) is 1. The fourth-order valence-electron chi connectivity index (χ4n) is 4.67. The molecule has 2 aliphatic rings. The molecule has 0 spiro atoms. The largest absolute Gasteiger partial charge is 0.493 e. The highest BCUT2D eigenvalue weighted by molar-refractivity contribution is 5.77. The van der Waals surface area contributed by atoms with E-state index in [1.54, 1.807) is 0 Å². The number of carbonyl (C=O) groups is 1. The third-order valence-corrected chi connectivity index (χ3v) is 7.32. The van der Waals surface area contributed by atoms with Gasteiger partial charge in [0.1, 0.15) is 5.75 Å². The van der Waals surface area contributed by atoms with Crippen LogP contribution in [0.15, 0.2) is 42.7 Å². The van der Waals surface area contributed by atoms with Crippen molar-refractivity contribution in [2.24, 2.45) is 5.92 Å². The van der Waals surface area contributed by atoms with Gasteiger partial charge in [0.2, 0.25) is 11.9 Å². The maximum Gasteiger partial charge on any atom is 0.225 e. The van der Waals surface area contributed by atoms with Crippen molar-refractivity contribution in [3.05, 3.63) is 53.9 Å². The van der Waals surface area contributed by atoms with E-state index in [1.165, 1.54) is 23.1 Å². The summed E-state index contributed by atoms with van der Waals surface area (Å²) in [6.07, 6.45) is 15.1. The van der Waals surface area contributed by atoms with Gasteiger partial charge in [-0.15, -0.1) is 0 Å². The fraction of sp³-hybridized carbons (Fsp3) is 0.552. The van der Waals surface area contributed by atoms with Gasteiger partial charge in [0.05, 0.1) is 6.61 Å². The maximum atomic E-state index is 12.0. The Morgan fingerprint density at radius 3 is 2.40 bits per heavy atom. The highest BCUT2D eigenvalue weighted by atomic mass is 16.5. The summed E-state index contributed by atoms with van der Waals surface area (Å²) in [6.45, 7) is 6.98. The Bertz CT molecular complexity index is 959. The van der Waals surface area contributed by atoms with Crippen LogP contribution in [0.1, 0.15) is 76.3 Å². The average Bonchev–Trinajstić information content (AvgIpc) is 2.88. The van der Waals surface area contributed by atoms with Gasteiger partial charge < -0.3 is 15.0 Å². The molecule has 1 N–H and O–H groups in total. The van der Waals surface area contributed by atoms with Gasteiger partial charge in [0.25, 0.3) is 0 Å². The Balaban J connectivity index is 1.19. The molecule has 1 aromatic carbocycles. The molecule has 0 radical (unpaired) electrons. The van der Waals surface area contributed by atoms with Crippen LogP contribution in [0.3, 0.4) is 0 Å². The second-order valence-corrected chi connectivity index (χ2v) is 9.83. The summed E-state index contributed by atoms with van der Waals surface area (Å²) in [7, 11) is 0. The standard InChI is InChI=1S/C29H40N4O2/c1-3-22-19-30-29(31-20-22)33-17-15-23(16-18-33)21-35-27-13-11-25(12-14-27)24(4-2)7-5-10-28(34)32-26-8-6-9-26/h7,11-14,19-20,23,26H,3-6,8-10,15-18,21H2,1-2H3,(H,32,34)/b24-7+. The van der Waals surface area contributed by atoms with Crippen molar-refractivity contribution in [2.75, 3.05) is 24.6 Å². The molecule has 4 rings (SSSR count). The molecule has 6 nitrogen and oxygen atoms in total. The van der Waals surface area contributed by atoms with Crippen molar-refractivity contribution < 1.29 is 9.53 Å². The average molecular weight is 477 g/mol. The van der Waals surface area contributed by atoms with Crippen LogP contribution < -0.4 is 15.0 Å². The number of amides is 1. The second kappa shape index (κ2) is 12.7. The predicted molar refractivity (Wildman–Crippen MR) is 142 cm³/mol. The fourth-order valence-corrected chi connectivity index (χ4v) is 4.67. The maximum absolute atomic E-state index is 12.0. The monoisotopic (exact) mass is 476 g/mol. The van der Waals surface area contributed by atoms with Gasteiger partial charge in [-0.2, -0.15) is 0 Å². The molecule has 1 saturated carbocycles. The van der Waals surface area contributed by atoms with Crippen LogP contribution in [-0.2, 0) is 11.2 Å². The molecular formula is C29H40N4O2. The minimum absolute atomic E-state index is 0.179. The SMILES string of the molecule is CC/C(=C\CCC(=O)NC1CCC1)c1ccc(OCC2CCN(c3ncc(CC)cn3)CC2)cc1. The van der Waals surface area contributed by atoms with E-state index in [2.05, 4.69) is 64.4 Å². The van der Waals surface area contributed by atoms with E-state index in [0.29, 0.717) is 18.4 Å². The number of piperidine rings is 1. The Morgan fingerprint density at radius 2 is 1.80 bits per heavy atom. The summed E-state index contributed by atoms with van der Waals surface area (Å²) < 4.78 is 6.13. The molecule has 1 amide bonds. The lowest BCUT2D eigenvalue weighted by molar-refractivity contribution is -0.122. The number of hydrogen-bond donors (Lipinski definition) is 1. The first-order chi connectivity index (χ1) is 17.1. The van der Waals surface area contributed by atoms with Crippen LogP contribution in [0.25, 0.3) is 5.57 Å². The van der Waals surface area contributed by atoms with Gasteiger partial charge in [-0.3, -0.25) is 4.79 Å². The number of anilines is 1. The summed E-state index contributed by atoms with van der Waals surface area (Å²) in [5.41, 5.74) is 3.67. The molecule has 0 bridgehead atoms. The summed E-state index contributed by atoms with van der Waals surface area (Å²) >= 11 is 0. The zero-order valence-electron chi connectivity index (χ0n) is 21.3. The number of nitrogens with zero attached hydrogens (tertiary/aromatic N) is 3. The molecule has 188 valence electrons. The van der Waals surface area contributed by atoms with Crippen molar-refractivity contribution in [2.45, 2.75) is 77.7 Å². The van der Waals surface area contributed by atoms with Gasteiger partial charge in [0.15, 0.2) is 0 Å². The molecular weight excluding hydrogens is 436 g/mol. The van der Waals surface area contributed by atoms with Crippen molar-refractivity contribution >= 4 is 17.4 Å². The van der Waals surface area contributed by atoms with Crippen LogP contribution in [0.2, 0.25) is 0 Å². The smallest absolute Gasteiger partial charge is 0.225 e. The van der Waals surface area contributed by atoms with E-state index < -0.39 is 0 Å². The van der Waals surface area contributed by atoms with Crippen LogP contribution in [-0.4, -0.2) is 41.6 Å². The number of benzene rings is 1. The van der Waals surface area contributed by atoms with Gasteiger partial charge in [0, 0.05) is 37.9 Å². The van der Waals surface area contributed by atoms with E-state index in [0.717, 1.165) is 76.3 Å². The van der Waals surface area contributed by atoms with E-state index >= 15 is 0 Å². The van der Waals surface area contributed by atoms with E-state index in [-0.39, 0.29) is 5.91 Å². The Kier molecular flexibility index (Phi) is 9.15. The highest BCUT2D eigenvalue weighted by Crippen LogP contribution is 2.25. The summed E-state index contributed by atoms with van der Waals surface area (Å²) in [5, 5.41) is 3.12. The van der Waals surface area contributed by atoms with E-state index in [9.17, 15) is 4.79 Å². The van der Waals surface area contributed by atoms with Crippen LogP contribution in [0.4, 0.5) is 5.95 Å². The zero-order valence-corrected chi connectivity index (χ0v) is 21.3. The number of allylic oxidation sites excluding steroid dienone is 2. The molecule has 6 heteroatoms. The molecule has 35 heavy (non-hydrogen) atoms.